The molecular weight excluding hydrogens is 350 g/mol. The number of carbonyl (C=O) groups is 1. The Hall–Kier alpha value is -3.11. The van der Waals surface area contributed by atoms with E-state index >= 15 is 0 Å². The van der Waals surface area contributed by atoms with Crippen molar-refractivity contribution >= 4 is 29.5 Å². The van der Waals surface area contributed by atoms with Gasteiger partial charge >= 0.3 is 5.97 Å². The van der Waals surface area contributed by atoms with Crippen molar-refractivity contribution in [3.8, 4) is 11.3 Å². The van der Waals surface area contributed by atoms with E-state index in [9.17, 15) is 4.79 Å². The van der Waals surface area contributed by atoms with Crippen molar-refractivity contribution in [1.82, 2.24) is 0 Å². The minimum Gasteiger partial charge on any atom is -0.457 e. The van der Waals surface area contributed by atoms with Crippen molar-refractivity contribution in [2.75, 3.05) is 0 Å². The number of halogens is 1. The van der Waals surface area contributed by atoms with E-state index in [1.54, 1.807) is 18.2 Å². The van der Waals surface area contributed by atoms with Gasteiger partial charge < -0.3 is 9.15 Å². The second-order valence-corrected chi connectivity index (χ2v) is 6.35. The molecule has 26 heavy (non-hydrogen) atoms. The molecule has 2 aromatic carbocycles. The van der Waals surface area contributed by atoms with Gasteiger partial charge in [0, 0.05) is 22.2 Å². The molecule has 3 aromatic rings. The van der Waals surface area contributed by atoms with Crippen LogP contribution in [0.2, 0.25) is 5.02 Å². The van der Waals surface area contributed by atoms with Gasteiger partial charge in [-0.3, -0.25) is 0 Å². The van der Waals surface area contributed by atoms with E-state index in [1.165, 1.54) is 0 Å². The van der Waals surface area contributed by atoms with Crippen molar-refractivity contribution in [1.29, 1.82) is 0 Å². The van der Waals surface area contributed by atoms with E-state index in [1.807, 2.05) is 55.5 Å². The maximum absolute atomic E-state index is 12.1. The van der Waals surface area contributed by atoms with Gasteiger partial charge in [-0.25, -0.2) is 9.79 Å². The number of benzene rings is 2. The Morgan fingerprint density at radius 1 is 1.00 bits per heavy atom. The van der Waals surface area contributed by atoms with Gasteiger partial charge in [0.15, 0.2) is 5.70 Å². The predicted molar refractivity (Wildman–Crippen MR) is 101 cm³/mol. The molecule has 128 valence electrons. The van der Waals surface area contributed by atoms with Crippen LogP contribution in [0, 0.1) is 6.92 Å². The molecule has 0 spiro atoms. The largest absolute Gasteiger partial charge is 0.457 e. The second kappa shape index (κ2) is 6.65. The lowest BCUT2D eigenvalue weighted by molar-refractivity contribution is -0.129. The number of ether oxygens (including phenoxy) is 1. The smallest absolute Gasteiger partial charge is 0.363 e. The number of hydrogen-bond donors (Lipinski definition) is 0. The average Bonchev–Trinajstić information content (AvgIpc) is 3.23. The molecule has 0 fully saturated rings. The molecule has 4 rings (SSSR count). The predicted octanol–water partition coefficient (Wildman–Crippen LogP) is 5.25. The monoisotopic (exact) mass is 363 g/mol. The average molecular weight is 364 g/mol. The Labute approximate surface area is 155 Å². The molecule has 2 heterocycles. The number of hydrogen-bond acceptors (Lipinski definition) is 4. The fourth-order valence-corrected chi connectivity index (χ4v) is 2.86. The van der Waals surface area contributed by atoms with E-state index < -0.39 is 5.97 Å². The van der Waals surface area contributed by atoms with Gasteiger partial charge in [0.05, 0.1) is 0 Å². The Morgan fingerprint density at radius 2 is 1.81 bits per heavy atom. The maximum Gasteiger partial charge on any atom is 0.363 e. The number of furan rings is 1. The SMILES string of the molecule is Cc1cccc(C2=N/C(=C\c3ccc(-c4cccc(Cl)c4)o3)C(=O)O2)c1. The van der Waals surface area contributed by atoms with E-state index in [-0.39, 0.29) is 5.70 Å². The third kappa shape index (κ3) is 3.32. The first kappa shape index (κ1) is 16.4. The van der Waals surface area contributed by atoms with Crippen molar-refractivity contribution in [3.63, 3.8) is 0 Å². The number of aryl methyl sites for hydroxylation is 1. The van der Waals surface area contributed by atoms with Crippen LogP contribution < -0.4 is 0 Å². The third-order valence-corrected chi connectivity index (χ3v) is 4.14. The molecule has 1 aromatic heterocycles. The zero-order valence-electron chi connectivity index (χ0n) is 13.9. The zero-order valence-corrected chi connectivity index (χ0v) is 14.7. The fourth-order valence-electron chi connectivity index (χ4n) is 2.67. The molecule has 0 aliphatic carbocycles. The number of carbonyl (C=O) groups excluding carboxylic acids is 1. The van der Waals surface area contributed by atoms with Crippen molar-refractivity contribution < 1.29 is 13.9 Å². The lowest BCUT2D eigenvalue weighted by atomic mass is 10.1. The van der Waals surface area contributed by atoms with E-state index in [0.29, 0.717) is 22.4 Å². The van der Waals surface area contributed by atoms with Crippen LogP contribution in [0.25, 0.3) is 17.4 Å². The lowest BCUT2D eigenvalue weighted by Gasteiger charge is -1.99. The third-order valence-electron chi connectivity index (χ3n) is 3.90. The summed E-state index contributed by atoms with van der Waals surface area (Å²) in [6, 6.07) is 18.6. The fraction of sp³-hybridized carbons (Fsp3) is 0.0476. The maximum atomic E-state index is 12.1. The van der Waals surface area contributed by atoms with E-state index in [0.717, 1.165) is 16.7 Å². The van der Waals surface area contributed by atoms with Crippen molar-refractivity contribution in [2.45, 2.75) is 6.92 Å². The van der Waals surface area contributed by atoms with Crippen molar-refractivity contribution in [2.24, 2.45) is 4.99 Å². The topological polar surface area (TPSA) is 51.8 Å². The Morgan fingerprint density at radius 3 is 2.62 bits per heavy atom. The van der Waals surface area contributed by atoms with Crippen LogP contribution in [0.15, 0.2) is 75.8 Å². The standard InChI is InChI=1S/C21H14ClNO3/c1-13-4-2-6-15(10-13)20-23-18(21(24)26-20)12-17-8-9-19(25-17)14-5-3-7-16(22)11-14/h2-12H,1H3/b18-12-. The highest BCUT2D eigenvalue weighted by molar-refractivity contribution is 6.30. The van der Waals surface area contributed by atoms with Crippen LogP contribution in [0.1, 0.15) is 16.9 Å². The summed E-state index contributed by atoms with van der Waals surface area (Å²) in [5.41, 5.74) is 2.89. The van der Waals surface area contributed by atoms with Gasteiger partial charge in [-0.1, -0.05) is 41.4 Å². The number of nitrogens with zero attached hydrogens (tertiary/aromatic N) is 1. The van der Waals surface area contributed by atoms with E-state index in [2.05, 4.69) is 4.99 Å². The Balaban J connectivity index is 1.63. The summed E-state index contributed by atoms with van der Waals surface area (Å²) in [7, 11) is 0. The van der Waals surface area contributed by atoms with Crippen LogP contribution >= 0.6 is 11.6 Å². The number of rotatable bonds is 3. The summed E-state index contributed by atoms with van der Waals surface area (Å²) >= 11 is 6.01. The van der Waals surface area contributed by atoms with Crippen LogP contribution in [0.3, 0.4) is 0 Å². The molecule has 0 radical (unpaired) electrons. The summed E-state index contributed by atoms with van der Waals surface area (Å²) in [5.74, 6) is 0.976. The van der Waals surface area contributed by atoms with Gasteiger partial charge in [-0.2, -0.15) is 0 Å². The van der Waals surface area contributed by atoms with Gasteiger partial charge in [0.25, 0.3) is 0 Å². The molecule has 0 saturated carbocycles. The molecule has 1 aliphatic rings. The van der Waals surface area contributed by atoms with E-state index in [4.69, 9.17) is 20.8 Å². The summed E-state index contributed by atoms with van der Waals surface area (Å²) < 4.78 is 11.1. The van der Waals surface area contributed by atoms with Crippen LogP contribution in [-0.4, -0.2) is 11.9 Å². The van der Waals surface area contributed by atoms with Gasteiger partial charge in [-0.15, -0.1) is 0 Å². The summed E-state index contributed by atoms with van der Waals surface area (Å²) in [5, 5.41) is 0.630. The van der Waals surface area contributed by atoms with Crippen molar-refractivity contribution in [3.05, 3.63) is 88.3 Å². The van der Waals surface area contributed by atoms with Gasteiger partial charge in [0.2, 0.25) is 5.90 Å². The summed E-state index contributed by atoms with van der Waals surface area (Å²) in [6.45, 7) is 1.97. The first-order valence-corrected chi connectivity index (χ1v) is 8.42. The molecule has 5 heteroatoms. The molecule has 4 nitrogen and oxygen atoms in total. The Bertz CT molecular complexity index is 1060. The molecule has 0 bridgehead atoms. The quantitative estimate of drug-likeness (QED) is 0.471. The minimum atomic E-state index is -0.498. The minimum absolute atomic E-state index is 0.202. The van der Waals surface area contributed by atoms with Crippen LogP contribution in [-0.2, 0) is 9.53 Å². The molecule has 1 aliphatic heterocycles. The van der Waals surface area contributed by atoms with Gasteiger partial charge in [-0.05, 0) is 43.3 Å². The summed E-state index contributed by atoms with van der Waals surface area (Å²) in [4.78, 5) is 16.4. The van der Waals surface area contributed by atoms with Gasteiger partial charge in [0.1, 0.15) is 11.5 Å². The lowest BCUT2D eigenvalue weighted by Crippen LogP contribution is -2.05. The zero-order chi connectivity index (χ0) is 18.1. The second-order valence-electron chi connectivity index (χ2n) is 5.92. The highest BCUT2D eigenvalue weighted by Gasteiger charge is 2.24. The van der Waals surface area contributed by atoms with Crippen LogP contribution in [0.4, 0.5) is 0 Å². The Kier molecular flexibility index (Phi) is 4.19. The number of aliphatic imine (C=N–C) groups is 1. The molecule has 0 atom stereocenters. The molecular formula is C21H14ClNO3. The molecule has 0 saturated heterocycles. The number of esters is 1. The first-order chi connectivity index (χ1) is 12.6. The number of cyclic esters (lactones) is 1. The molecule has 0 amide bonds. The normalized spacial score (nSPS) is 15.2. The highest BCUT2D eigenvalue weighted by Crippen LogP contribution is 2.27. The molecule has 0 N–H and O–H groups in total. The summed E-state index contributed by atoms with van der Waals surface area (Å²) in [6.07, 6.45) is 1.57. The highest BCUT2D eigenvalue weighted by atomic mass is 35.5. The first-order valence-electron chi connectivity index (χ1n) is 8.04. The molecule has 0 unspecified atom stereocenters. The van der Waals surface area contributed by atoms with Crippen LogP contribution in [0.5, 0.6) is 0 Å².